The van der Waals surface area contributed by atoms with Crippen molar-refractivity contribution < 1.29 is 9.18 Å². The van der Waals surface area contributed by atoms with Crippen molar-refractivity contribution in [2.45, 2.75) is 32.9 Å². The molecule has 1 amide bonds. The standard InChI is InChI=1S/C26H23FN6O/c1-26(2,3)30-25(34)19-10-9-17(14-20(19)27)21-11-12-22-24(29-21)33(32-31-22)15-18-7-4-6-16-8-5-13-28-23(16)18/h4-14H,15H2,1-3H3,(H,30,34). The number of carbonyl (C=O) groups excluding carboxylic acids is 1. The maximum atomic E-state index is 14.8. The summed E-state index contributed by atoms with van der Waals surface area (Å²) >= 11 is 0. The van der Waals surface area contributed by atoms with Gasteiger partial charge in [-0.1, -0.05) is 35.5 Å². The number of carbonyl (C=O) groups is 1. The zero-order valence-corrected chi connectivity index (χ0v) is 19.1. The monoisotopic (exact) mass is 454 g/mol. The van der Waals surface area contributed by atoms with Crippen LogP contribution in [0.15, 0.2) is 66.9 Å². The molecule has 5 rings (SSSR count). The second-order valence-electron chi connectivity index (χ2n) is 9.18. The number of hydrogen-bond donors (Lipinski definition) is 1. The van der Waals surface area contributed by atoms with Gasteiger partial charge in [-0.3, -0.25) is 9.78 Å². The molecule has 0 aliphatic heterocycles. The first-order valence-electron chi connectivity index (χ1n) is 10.9. The fourth-order valence-corrected chi connectivity index (χ4v) is 3.84. The number of amides is 1. The number of halogens is 1. The molecule has 3 aromatic heterocycles. The molecule has 0 aliphatic carbocycles. The van der Waals surface area contributed by atoms with Crippen molar-refractivity contribution in [3.8, 4) is 11.3 Å². The van der Waals surface area contributed by atoms with Crippen LogP contribution < -0.4 is 5.32 Å². The van der Waals surface area contributed by atoms with E-state index in [4.69, 9.17) is 4.98 Å². The summed E-state index contributed by atoms with van der Waals surface area (Å²) in [6.45, 7) is 5.99. The van der Waals surface area contributed by atoms with Gasteiger partial charge in [0.25, 0.3) is 5.91 Å². The van der Waals surface area contributed by atoms with Gasteiger partial charge in [-0.2, -0.15) is 0 Å². The van der Waals surface area contributed by atoms with Crippen molar-refractivity contribution in [3.05, 3.63) is 83.8 Å². The van der Waals surface area contributed by atoms with Crippen molar-refractivity contribution in [1.29, 1.82) is 0 Å². The Morgan fingerprint density at radius 2 is 1.88 bits per heavy atom. The number of nitrogens with zero attached hydrogens (tertiary/aromatic N) is 5. The topological polar surface area (TPSA) is 85.6 Å². The summed E-state index contributed by atoms with van der Waals surface area (Å²) in [5.74, 6) is -1.06. The zero-order valence-electron chi connectivity index (χ0n) is 19.1. The van der Waals surface area contributed by atoms with Gasteiger partial charge >= 0.3 is 0 Å². The largest absolute Gasteiger partial charge is 0.347 e. The first-order chi connectivity index (χ1) is 16.3. The molecule has 0 unspecified atom stereocenters. The Balaban J connectivity index is 1.49. The van der Waals surface area contributed by atoms with Gasteiger partial charge in [0.15, 0.2) is 5.65 Å². The average molecular weight is 455 g/mol. The van der Waals surface area contributed by atoms with Gasteiger partial charge in [0.05, 0.1) is 23.3 Å². The number of rotatable bonds is 4. The van der Waals surface area contributed by atoms with E-state index in [9.17, 15) is 9.18 Å². The Hall–Kier alpha value is -4.20. The minimum atomic E-state index is -0.602. The Labute approximate surface area is 195 Å². The van der Waals surface area contributed by atoms with Crippen LogP contribution in [-0.4, -0.2) is 36.4 Å². The zero-order chi connectivity index (χ0) is 23.9. The van der Waals surface area contributed by atoms with Gasteiger partial charge in [-0.05, 0) is 56.7 Å². The number of benzene rings is 2. The van der Waals surface area contributed by atoms with Crippen molar-refractivity contribution in [3.63, 3.8) is 0 Å². The molecule has 3 heterocycles. The highest BCUT2D eigenvalue weighted by Crippen LogP contribution is 2.24. The molecule has 0 atom stereocenters. The van der Waals surface area contributed by atoms with Gasteiger partial charge in [-0.25, -0.2) is 14.1 Å². The van der Waals surface area contributed by atoms with E-state index in [2.05, 4.69) is 20.6 Å². The lowest BCUT2D eigenvalue weighted by Gasteiger charge is -2.20. The summed E-state index contributed by atoms with van der Waals surface area (Å²) in [6.07, 6.45) is 1.77. The normalized spacial score (nSPS) is 11.8. The van der Waals surface area contributed by atoms with Crippen LogP contribution in [-0.2, 0) is 6.54 Å². The van der Waals surface area contributed by atoms with Crippen LogP contribution in [0.3, 0.4) is 0 Å². The molecule has 34 heavy (non-hydrogen) atoms. The Bertz CT molecular complexity index is 1530. The SMILES string of the molecule is CC(C)(C)NC(=O)c1ccc(-c2ccc3nnn(Cc4cccc5cccnc45)c3n2)cc1F. The molecule has 1 N–H and O–H groups in total. The predicted octanol–water partition coefficient (Wildman–Crippen LogP) is 4.76. The van der Waals surface area contributed by atoms with E-state index in [0.717, 1.165) is 16.5 Å². The quantitative estimate of drug-likeness (QED) is 0.423. The van der Waals surface area contributed by atoms with Gasteiger partial charge in [0, 0.05) is 22.7 Å². The predicted molar refractivity (Wildman–Crippen MR) is 129 cm³/mol. The van der Waals surface area contributed by atoms with Crippen LogP contribution >= 0.6 is 0 Å². The van der Waals surface area contributed by atoms with E-state index in [-0.39, 0.29) is 5.56 Å². The molecule has 0 aliphatic rings. The minimum absolute atomic E-state index is 0.00471. The maximum absolute atomic E-state index is 14.8. The third-order valence-corrected chi connectivity index (χ3v) is 5.39. The molecule has 2 aromatic carbocycles. The number of pyridine rings is 2. The summed E-state index contributed by atoms with van der Waals surface area (Å²) in [6, 6.07) is 18.0. The Kier molecular flexibility index (Phi) is 5.28. The highest BCUT2D eigenvalue weighted by molar-refractivity contribution is 5.95. The number of nitrogens with one attached hydrogen (secondary N) is 1. The van der Waals surface area contributed by atoms with E-state index in [0.29, 0.717) is 29.0 Å². The van der Waals surface area contributed by atoms with Crippen LogP contribution in [0.1, 0.15) is 36.7 Å². The molecule has 0 saturated carbocycles. The van der Waals surface area contributed by atoms with Crippen LogP contribution in [0.4, 0.5) is 4.39 Å². The molecule has 0 fully saturated rings. The third kappa shape index (κ3) is 4.22. The molecule has 5 aromatic rings. The number of aromatic nitrogens is 5. The van der Waals surface area contributed by atoms with Gasteiger partial charge in [0.2, 0.25) is 0 Å². The minimum Gasteiger partial charge on any atom is -0.347 e. The molecule has 0 radical (unpaired) electrons. The Morgan fingerprint density at radius 3 is 2.68 bits per heavy atom. The van der Waals surface area contributed by atoms with E-state index in [1.54, 1.807) is 29.1 Å². The molecular weight excluding hydrogens is 431 g/mol. The smallest absolute Gasteiger partial charge is 0.254 e. The molecule has 0 spiro atoms. The molecule has 0 saturated heterocycles. The summed E-state index contributed by atoms with van der Waals surface area (Å²) in [5, 5.41) is 12.3. The average Bonchev–Trinajstić information content (AvgIpc) is 3.20. The molecule has 0 bridgehead atoms. The van der Waals surface area contributed by atoms with Gasteiger partial charge in [-0.15, -0.1) is 5.10 Å². The molecule has 8 heteroatoms. The summed E-state index contributed by atoms with van der Waals surface area (Å²) in [5.41, 5.74) is 3.78. The lowest BCUT2D eigenvalue weighted by atomic mass is 10.0. The second kappa shape index (κ2) is 8.30. The van der Waals surface area contributed by atoms with Crippen molar-refractivity contribution in [2.75, 3.05) is 0 Å². The van der Waals surface area contributed by atoms with E-state index < -0.39 is 17.3 Å². The van der Waals surface area contributed by atoms with Crippen molar-refractivity contribution in [1.82, 2.24) is 30.3 Å². The first kappa shape index (κ1) is 21.6. The number of hydrogen-bond acceptors (Lipinski definition) is 5. The van der Waals surface area contributed by atoms with Crippen molar-refractivity contribution in [2.24, 2.45) is 0 Å². The first-order valence-corrected chi connectivity index (χ1v) is 10.9. The summed E-state index contributed by atoms with van der Waals surface area (Å²) < 4.78 is 16.5. The number of fused-ring (bicyclic) bond motifs is 2. The molecule has 7 nitrogen and oxygen atoms in total. The fraction of sp³-hybridized carbons (Fsp3) is 0.192. The lowest BCUT2D eigenvalue weighted by Crippen LogP contribution is -2.40. The fourth-order valence-electron chi connectivity index (χ4n) is 3.84. The second-order valence-corrected chi connectivity index (χ2v) is 9.18. The van der Waals surface area contributed by atoms with Crippen molar-refractivity contribution >= 4 is 28.0 Å². The van der Waals surface area contributed by atoms with Crippen LogP contribution in [0.25, 0.3) is 33.3 Å². The summed E-state index contributed by atoms with van der Waals surface area (Å²) in [7, 11) is 0. The van der Waals surface area contributed by atoms with Gasteiger partial charge in [0.1, 0.15) is 11.3 Å². The van der Waals surface area contributed by atoms with Gasteiger partial charge < -0.3 is 5.32 Å². The van der Waals surface area contributed by atoms with Crippen LogP contribution in [0.2, 0.25) is 0 Å². The lowest BCUT2D eigenvalue weighted by molar-refractivity contribution is 0.0915. The highest BCUT2D eigenvalue weighted by atomic mass is 19.1. The van der Waals surface area contributed by atoms with Crippen LogP contribution in [0.5, 0.6) is 0 Å². The highest BCUT2D eigenvalue weighted by Gasteiger charge is 2.19. The number of para-hydroxylation sites is 1. The third-order valence-electron chi connectivity index (χ3n) is 5.39. The van der Waals surface area contributed by atoms with E-state index in [1.165, 1.54) is 12.1 Å². The van der Waals surface area contributed by atoms with Crippen LogP contribution in [0, 0.1) is 5.82 Å². The van der Waals surface area contributed by atoms with E-state index >= 15 is 0 Å². The molecular formula is C26H23FN6O. The molecule has 170 valence electrons. The Morgan fingerprint density at radius 1 is 1.06 bits per heavy atom. The van der Waals surface area contributed by atoms with E-state index in [1.807, 2.05) is 51.1 Å². The summed E-state index contributed by atoms with van der Waals surface area (Å²) in [4.78, 5) is 21.6. The maximum Gasteiger partial charge on any atom is 0.254 e.